The lowest BCUT2D eigenvalue weighted by Gasteiger charge is -2.46. The van der Waals surface area contributed by atoms with Crippen molar-refractivity contribution in [1.82, 2.24) is 41.3 Å². The van der Waals surface area contributed by atoms with Crippen LogP contribution in [0.4, 0.5) is 28.0 Å². The van der Waals surface area contributed by atoms with Crippen LogP contribution in [0.1, 0.15) is 125 Å². The van der Waals surface area contributed by atoms with E-state index in [-0.39, 0.29) is 55.1 Å². The fraction of sp³-hybridized carbons (Fsp3) is 0.515. The Hall–Kier alpha value is -7.98. The van der Waals surface area contributed by atoms with Crippen LogP contribution >= 0.6 is 0 Å². The summed E-state index contributed by atoms with van der Waals surface area (Å²) in [6.07, 6.45) is 6.68. The third-order valence-corrected chi connectivity index (χ3v) is 17.1. The number of hydrogen-bond donors (Lipinski definition) is 6. The van der Waals surface area contributed by atoms with Gasteiger partial charge in [0.2, 0.25) is 11.6 Å². The van der Waals surface area contributed by atoms with E-state index in [1.807, 2.05) is 60.7 Å². The molecule has 0 radical (unpaired) electrons. The fourth-order valence-corrected chi connectivity index (χ4v) is 11.5. The minimum atomic E-state index is -1.27. The van der Waals surface area contributed by atoms with E-state index in [2.05, 4.69) is 26.6 Å². The minimum Gasteiger partial charge on any atom is -0.465 e. The first-order valence-electron chi connectivity index (χ1n) is 30.8. The quantitative estimate of drug-likeness (QED) is 0.0230. The Morgan fingerprint density at radius 2 is 1.00 bits per heavy atom. The number of rotatable bonds is 28. The molecule has 2 heterocycles. The average Bonchev–Trinajstić information content (AvgIpc) is 3.72. The first kappa shape index (κ1) is 67.5. The normalized spacial score (nSPS) is 17.0. The molecule has 1 unspecified atom stereocenters. The first-order chi connectivity index (χ1) is 42.4. The van der Waals surface area contributed by atoms with Crippen LogP contribution in [0, 0.1) is 22.5 Å². The van der Waals surface area contributed by atoms with E-state index in [0.717, 1.165) is 65.7 Å². The molecule has 2 saturated carbocycles. The van der Waals surface area contributed by atoms with E-state index < -0.39 is 65.1 Å². The Morgan fingerprint density at radius 1 is 0.568 bits per heavy atom. The molecule has 4 aliphatic rings. The third-order valence-electron chi connectivity index (χ3n) is 17.1. The van der Waals surface area contributed by atoms with Crippen molar-refractivity contribution in [2.24, 2.45) is 10.8 Å². The molecule has 20 nitrogen and oxygen atoms in total. The molecule has 4 atom stereocenters. The number of urea groups is 2. The van der Waals surface area contributed by atoms with Gasteiger partial charge in [-0.3, -0.25) is 24.1 Å². The molecule has 0 spiro atoms. The second kappa shape index (κ2) is 34.0. The van der Waals surface area contributed by atoms with Gasteiger partial charge in [-0.05, 0) is 143 Å². The molecule has 2 aliphatic carbocycles. The van der Waals surface area contributed by atoms with Crippen molar-refractivity contribution >= 4 is 47.6 Å². The number of morpholine rings is 2. The molecule has 88 heavy (non-hydrogen) atoms. The maximum Gasteiger partial charge on any atom is 0.407 e. The summed E-state index contributed by atoms with van der Waals surface area (Å²) in [5, 5.41) is 24.2. The maximum absolute atomic E-state index is 13.7. The van der Waals surface area contributed by atoms with E-state index in [4.69, 9.17) is 14.2 Å². The zero-order valence-electron chi connectivity index (χ0n) is 50.6. The molecule has 4 fully saturated rings. The van der Waals surface area contributed by atoms with Crippen molar-refractivity contribution in [3.63, 3.8) is 0 Å². The molecule has 8 amide bonds. The minimum absolute atomic E-state index is 0.0887. The SMILES string of the molecule is C[C@@H](NC(=O)C(=O)C(CCCCNC(=O)N1CCOCC1)N(CC1(Cc2ccc(F)cc2)CCC1)C(=O)O)c1ccccc1.C[C@@H](NC(=O)C(=O)[C@H](CCCCNC(=O)N1CCOCC1)NC(=O)OCC1(Cc2ccc(F)cc2)CCC1)c1ccccc1. The number of ether oxygens (including phenoxy) is 3. The average molecular weight is 1220 g/mol. The van der Waals surface area contributed by atoms with Crippen LogP contribution in [0.3, 0.4) is 0 Å². The van der Waals surface area contributed by atoms with Gasteiger partial charge in [-0.2, -0.15) is 0 Å². The van der Waals surface area contributed by atoms with Gasteiger partial charge in [0.15, 0.2) is 0 Å². The summed E-state index contributed by atoms with van der Waals surface area (Å²) in [6, 6.07) is 27.5. The zero-order valence-corrected chi connectivity index (χ0v) is 50.6. The van der Waals surface area contributed by atoms with Crippen molar-refractivity contribution in [2.75, 3.05) is 78.8 Å². The van der Waals surface area contributed by atoms with Gasteiger partial charge >= 0.3 is 24.2 Å². The summed E-state index contributed by atoms with van der Waals surface area (Å²) in [5.41, 5.74) is 2.88. The van der Waals surface area contributed by atoms with Crippen LogP contribution in [0.15, 0.2) is 109 Å². The van der Waals surface area contributed by atoms with Crippen LogP contribution in [0.25, 0.3) is 0 Å². The summed E-state index contributed by atoms with van der Waals surface area (Å²) in [6.45, 7) is 8.68. The van der Waals surface area contributed by atoms with E-state index in [1.165, 1.54) is 24.3 Å². The molecular formula is C66H86F2N8O12. The van der Waals surface area contributed by atoms with Crippen LogP contribution in [0.5, 0.6) is 0 Å². The van der Waals surface area contributed by atoms with Gasteiger partial charge in [0.1, 0.15) is 23.7 Å². The van der Waals surface area contributed by atoms with Gasteiger partial charge in [0.05, 0.1) is 45.1 Å². The molecule has 8 rings (SSSR count). The highest BCUT2D eigenvalue weighted by Crippen LogP contribution is 2.46. The van der Waals surface area contributed by atoms with Gasteiger partial charge in [-0.25, -0.2) is 28.0 Å². The van der Waals surface area contributed by atoms with Crippen LogP contribution in [-0.2, 0) is 46.2 Å². The molecule has 2 aliphatic heterocycles. The second-order valence-corrected chi connectivity index (χ2v) is 23.6. The molecule has 2 saturated heterocycles. The third kappa shape index (κ3) is 20.8. The number of carbonyl (C=O) groups excluding carboxylic acids is 7. The van der Waals surface area contributed by atoms with Crippen LogP contribution < -0.4 is 26.6 Å². The van der Waals surface area contributed by atoms with E-state index >= 15 is 0 Å². The molecule has 6 N–H and O–H groups in total. The van der Waals surface area contributed by atoms with Crippen molar-refractivity contribution < 1.29 is 66.5 Å². The number of Topliss-reactive ketones (excluding diaryl/α,β-unsaturated/α-hetero) is 2. The largest absolute Gasteiger partial charge is 0.465 e. The molecule has 22 heteroatoms. The van der Waals surface area contributed by atoms with E-state index in [0.29, 0.717) is 104 Å². The topological polar surface area (TPSA) is 254 Å². The van der Waals surface area contributed by atoms with E-state index in [9.17, 15) is 52.2 Å². The van der Waals surface area contributed by atoms with Gasteiger partial charge < -0.3 is 55.7 Å². The summed E-state index contributed by atoms with van der Waals surface area (Å²) in [7, 11) is 0. The second-order valence-electron chi connectivity index (χ2n) is 23.6. The number of ketones is 2. The summed E-state index contributed by atoms with van der Waals surface area (Å²) < 4.78 is 43.0. The van der Waals surface area contributed by atoms with Gasteiger partial charge in [0, 0.05) is 51.2 Å². The predicted molar refractivity (Wildman–Crippen MR) is 325 cm³/mol. The van der Waals surface area contributed by atoms with Crippen LogP contribution in [-0.4, -0.2) is 158 Å². The molecule has 0 aromatic heterocycles. The van der Waals surface area contributed by atoms with Gasteiger partial charge in [-0.15, -0.1) is 0 Å². The number of alkyl carbamates (subject to hydrolysis) is 1. The molecule has 476 valence electrons. The van der Waals surface area contributed by atoms with Crippen molar-refractivity contribution in [3.8, 4) is 0 Å². The number of amides is 8. The number of unbranched alkanes of at least 4 members (excludes halogenated alkanes) is 2. The zero-order chi connectivity index (χ0) is 62.9. The van der Waals surface area contributed by atoms with E-state index in [1.54, 1.807) is 47.9 Å². The van der Waals surface area contributed by atoms with Crippen LogP contribution in [0.2, 0.25) is 0 Å². The van der Waals surface area contributed by atoms with Crippen molar-refractivity contribution in [3.05, 3.63) is 143 Å². The lowest BCUT2D eigenvalue weighted by atomic mass is 9.65. The lowest BCUT2D eigenvalue weighted by molar-refractivity contribution is -0.141. The monoisotopic (exact) mass is 1220 g/mol. The number of carbonyl (C=O) groups is 8. The summed E-state index contributed by atoms with van der Waals surface area (Å²) >= 11 is 0. The highest BCUT2D eigenvalue weighted by atomic mass is 19.1. The number of hydrogen-bond acceptors (Lipinski definition) is 11. The number of nitrogens with one attached hydrogen (secondary N) is 5. The summed E-state index contributed by atoms with van der Waals surface area (Å²) in [5.74, 6) is -3.83. The fourth-order valence-electron chi connectivity index (χ4n) is 11.5. The number of nitrogens with zero attached hydrogens (tertiary/aromatic N) is 3. The maximum atomic E-state index is 13.7. The Morgan fingerprint density at radius 3 is 1.43 bits per heavy atom. The van der Waals surface area contributed by atoms with Crippen molar-refractivity contribution in [2.45, 2.75) is 128 Å². The van der Waals surface area contributed by atoms with Gasteiger partial charge in [0.25, 0.3) is 11.8 Å². The Labute approximate surface area is 514 Å². The molecular weight excluding hydrogens is 1130 g/mol. The molecule has 0 bridgehead atoms. The Bertz CT molecular complexity index is 2900. The Kier molecular flexibility index (Phi) is 26.1. The number of halogens is 2. The van der Waals surface area contributed by atoms with Crippen molar-refractivity contribution in [1.29, 1.82) is 0 Å². The molecule has 4 aromatic rings. The predicted octanol–water partition coefficient (Wildman–Crippen LogP) is 8.84. The summed E-state index contributed by atoms with van der Waals surface area (Å²) in [4.78, 5) is 108. The standard InChI is InChI=1S/2C33H43FN4O6/c1-24(26-8-3-2-4-9-26)36-30(40)29(39)28(10-5-6-17-35-31(41)38-18-20-43-21-19-38)37-32(42)44-23-33(15-7-16-33)22-25-11-13-27(34)14-12-25;1-24(26-8-3-2-4-9-26)36-30(40)29(39)28(10-5-6-17-35-31(41)37-18-20-44-21-19-37)38(32(42)43)23-33(15-7-16-33)22-25-11-13-27(34)14-12-25/h2-4,8-9,11-14,24,28H,5-7,10,15-23H2,1H3,(H,35,41)(H,36,40)(H,37,42);2-4,8-9,11-14,24,28H,5-7,10,15-23H2,1H3,(H,35,41)(H,36,40)(H,42,43)/t24-,28+;24-,28?/m11/s1. The lowest BCUT2D eigenvalue weighted by Crippen LogP contribution is -2.55. The number of carboxylic acid groups (broad SMARTS) is 1. The highest BCUT2D eigenvalue weighted by Gasteiger charge is 2.44. The van der Waals surface area contributed by atoms with Gasteiger partial charge in [-0.1, -0.05) is 97.8 Å². The number of benzene rings is 4. The smallest absolute Gasteiger partial charge is 0.407 e. The molecule has 4 aromatic carbocycles. The Balaban J connectivity index is 0.000000251. The highest BCUT2D eigenvalue weighted by molar-refractivity contribution is 6.39. The first-order valence-corrected chi connectivity index (χ1v) is 30.8.